The summed E-state index contributed by atoms with van der Waals surface area (Å²) in [4.78, 5) is 17.7. The third-order valence-electron chi connectivity index (χ3n) is 5.16. The monoisotopic (exact) mass is 333 g/mol. The average molecular weight is 333 g/mol. The highest BCUT2D eigenvalue weighted by Crippen LogP contribution is 2.35. The van der Waals surface area contributed by atoms with E-state index in [1.165, 1.54) is 18.4 Å². The molecule has 0 amide bonds. The van der Waals surface area contributed by atoms with Crippen LogP contribution in [0.15, 0.2) is 43.0 Å². The molecule has 0 radical (unpaired) electrons. The molecule has 0 bridgehead atoms. The first-order chi connectivity index (χ1) is 12.3. The summed E-state index contributed by atoms with van der Waals surface area (Å²) in [6.45, 7) is 2.22. The van der Waals surface area contributed by atoms with E-state index in [1.54, 1.807) is 6.33 Å². The van der Waals surface area contributed by atoms with E-state index in [4.69, 9.17) is 4.98 Å². The van der Waals surface area contributed by atoms with Gasteiger partial charge >= 0.3 is 0 Å². The topological polar surface area (TPSA) is 63.6 Å². The Hall–Kier alpha value is -2.82. The van der Waals surface area contributed by atoms with Crippen LogP contribution in [0, 0.1) is 5.92 Å². The van der Waals surface area contributed by atoms with Crippen molar-refractivity contribution in [3.05, 3.63) is 59.8 Å². The highest BCUT2D eigenvalue weighted by atomic mass is 15.1. The van der Waals surface area contributed by atoms with E-state index in [0.29, 0.717) is 6.04 Å². The van der Waals surface area contributed by atoms with Gasteiger partial charge in [0.1, 0.15) is 6.33 Å². The summed E-state index contributed by atoms with van der Waals surface area (Å²) in [5.41, 5.74) is 5.54. The maximum atomic E-state index is 4.74. The van der Waals surface area contributed by atoms with Crippen LogP contribution in [-0.4, -0.2) is 26.0 Å². The Labute approximate surface area is 149 Å². The van der Waals surface area contributed by atoms with Crippen LogP contribution in [0.5, 0.6) is 0 Å². The highest BCUT2D eigenvalue weighted by molar-refractivity contribution is 5.89. The third-order valence-corrected chi connectivity index (χ3v) is 5.16. The van der Waals surface area contributed by atoms with Gasteiger partial charge in [0.05, 0.1) is 11.2 Å². The summed E-state index contributed by atoms with van der Waals surface area (Å²) in [5, 5.41) is 4.50. The van der Waals surface area contributed by atoms with Crippen LogP contribution in [0.2, 0.25) is 0 Å². The zero-order valence-corrected chi connectivity index (χ0v) is 14.1. The number of hydrogen-bond donors (Lipinski definition) is 1. The zero-order chi connectivity index (χ0) is 16.8. The van der Waals surface area contributed by atoms with Crippen molar-refractivity contribution in [2.24, 2.45) is 5.92 Å². The molecule has 1 atom stereocenters. The number of allylic oxidation sites excluding steroid dienone is 1. The second-order valence-corrected chi connectivity index (χ2v) is 6.94. The second-order valence-electron chi connectivity index (χ2n) is 6.94. The van der Waals surface area contributed by atoms with Crippen LogP contribution < -0.4 is 5.32 Å². The molecule has 25 heavy (non-hydrogen) atoms. The van der Waals surface area contributed by atoms with Crippen molar-refractivity contribution in [3.8, 4) is 0 Å². The van der Waals surface area contributed by atoms with Crippen molar-refractivity contribution in [2.45, 2.75) is 32.2 Å². The van der Waals surface area contributed by atoms with Gasteiger partial charge in [0, 0.05) is 38.7 Å². The van der Waals surface area contributed by atoms with Crippen molar-refractivity contribution >= 4 is 22.4 Å². The van der Waals surface area contributed by atoms with Crippen molar-refractivity contribution in [1.82, 2.24) is 19.9 Å². The Kier molecular flexibility index (Phi) is 3.26. The molecule has 5 heteroatoms. The lowest BCUT2D eigenvalue weighted by Gasteiger charge is -2.13. The van der Waals surface area contributed by atoms with Crippen molar-refractivity contribution in [1.29, 1.82) is 0 Å². The summed E-state index contributed by atoms with van der Waals surface area (Å²) in [5.74, 6) is 1.53. The summed E-state index contributed by atoms with van der Waals surface area (Å²) < 4.78 is 0. The van der Waals surface area contributed by atoms with Crippen LogP contribution in [0.3, 0.4) is 0 Å². The molecule has 1 saturated carbocycles. The van der Waals surface area contributed by atoms with Gasteiger partial charge in [-0.2, -0.15) is 0 Å². The quantitative estimate of drug-likeness (QED) is 0.778. The zero-order valence-electron chi connectivity index (χ0n) is 14.1. The predicted octanol–water partition coefficient (Wildman–Crippen LogP) is 4.11. The molecular formula is C20H23N5. The van der Waals surface area contributed by atoms with E-state index in [2.05, 4.69) is 45.4 Å². The van der Waals surface area contributed by atoms with Crippen LogP contribution in [0.25, 0.3) is 16.5 Å². The molecule has 5 rings (SSSR count). The number of fused-ring (bicyclic) bond motifs is 2. The Bertz CT molecular complexity index is 1000. The Balaban J connectivity index is 0.00000105. The Morgan fingerprint density at radius 3 is 3.00 bits per heavy atom. The van der Waals surface area contributed by atoms with Gasteiger partial charge in [-0.1, -0.05) is 12.1 Å². The van der Waals surface area contributed by atoms with Gasteiger partial charge < -0.3 is 5.32 Å². The highest BCUT2D eigenvalue weighted by Gasteiger charge is 2.28. The number of benzene rings is 1. The molecule has 2 heterocycles. The van der Waals surface area contributed by atoms with Crippen LogP contribution in [-0.2, 0) is 6.42 Å². The number of nitrogens with zero attached hydrogens (tertiary/aromatic N) is 4. The second kappa shape index (κ2) is 5.62. The van der Waals surface area contributed by atoms with Gasteiger partial charge in [-0.3, -0.25) is 0 Å². The molecule has 1 fully saturated rings. The molecule has 1 aromatic carbocycles. The lowest BCUT2D eigenvalue weighted by Crippen LogP contribution is -2.19. The van der Waals surface area contributed by atoms with E-state index in [1.807, 2.05) is 18.5 Å². The minimum Gasteiger partial charge on any atom is -0.351 e. The summed E-state index contributed by atoms with van der Waals surface area (Å²) in [6.07, 6.45) is 11.1. The molecular weight excluding hydrogens is 310 g/mol. The standard InChI is InChI=1S/C20H19N5.2H2/c1-12(13-2-3-13)24-20-22-10-17-16(5-7-19(17)25-20)14-4-6-18-15(8-14)9-21-11-23-18;;/h4-6,8-13H,2-3,7H2,1H3,(H,22,24,25);2*1H/t12-;;/m1../s1. The third kappa shape index (κ3) is 2.65. The predicted molar refractivity (Wildman–Crippen MR) is 102 cm³/mol. The minimum absolute atomic E-state index is 0. The minimum atomic E-state index is 0. The Morgan fingerprint density at radius 2 is 2.12 bits per heavy atom. The molecule has 0 saturated heterocycles. The van der Waals surface area contributed by atoms with Gasteiger partial charge in [-0.05, 0) is 49.0 Å². The molecule has 2 aromatic heterocycles. The fourth-order valence-electron chi connectivity index (χ4n) is 3.52. The fraction of sp³-hybridized carbons (Fsp3) is 0.300. The van der Waals surface area contributed by atoms with Crippen LogP contribution >= 0.6 is 0 Å². The Morgan fingerprint density at radius 1 is 1.20 bits per heavy atom. The van der Waals surface area contributed by atoms with Gasteiger partial charge in [-0.25, -0.2) is 19.9 Å². The lowest BCUT2D eigenvalue weighted by molar-refractivity contribution is 0.685. The number of rotatable bonds is 4. The molecule has 2 aliphatic rings. The van der Waals surface area contributed by atoms with E-state index in [9.17, 15) is 0 Å². The number of aromatic nitrogens is 4. The van der Waals surface area contributed by atoms with Crippen LogP contribution in [0.4, 0.5) is 5.95 Å². The molecule has 0 spiro atoms. The van der Waals surface area contributed by atoms with Crippen molar-refractivity contribution in [3.63, 3.8) is 0 Å². The largest absolute Gasteiger partial charge is 0.351 e. The first kappa shape index (κ1) is 14.5. The van der Waals surface area contributed by atoms with E-state index < -0.39 is 0 Å². The van der Waals surface area contributed by atoms with E-state index in [0.717, 1.165) is 46.0 Å². The molecule has 128 valence electrons. The fourth-order valence-corrected chi connectivity index (χ4v) is 3.52. The SMILES string of the molecule is C[C@@H](Nc1ncc2c(n1)CC=C2c1ccc2ncncc2c1)C1CC1.[HH].[HH]. The summed E-state index contributed by atoms with van der Waals surface area (Å²) >= 11 is 0. The van der Waals surface area contributed by atoms with Crippen LogP contribution in [0.1, 0.15) is 39.4 Å². The molecule has 5 nitrogen and oxygen atoms in total. The molecule has 2 aliphatic carbocycles. The maximum Gasteiger partial charge on any atom is 0.223 e. The van der Waals surface area contributed by atoms with E-state index >= 15 is 0 Å². The normalized spacial score (nSPS) is 17.2. The van der Waals surface area contributed by atoms with Gasteiger partial charge in [0.15, 0.2) is 0 Å². The molecule has 3 aromatic rings. The molecule has 0 unspecified atom stereocenters. The maximum absolute atomic E-state index is 4.74. The van der Waals surface area contributed by atoms with Crippen molar-refractivity contribution < 1.29 is 2.85 Å². The molecule has 0 aliphatic heterocycles. The summed E-state index contributed by atoms with van der Waals surface area (Å²) in [7, 11) is 0. The number of nitrogens with one attached hydrogen (secondary N) is 1. The van der Waals surface area contributed by atoms with Gasteiger partial charge in [-0.15, -0.1) is 0 Å². The number of anilines is 1. The summed E-state index contributed by atoms with van der Waals surface area (Å²) in [6, 6.07) is 6.74. The van der Waals surface area contributed by atoms with Gasteiger partial charge in [0.25, 0.3) is 0 Å². The number of hydrogen-bond acceptors (Lipinski definition) is 5. The lowest BCUT2D eigenvalue weighted by atomic mass is 10.0. The average Bonchev–Trinajstić information content (AvgIpc) is 3.41. The van der Waals surface area contributed by atoms with Crippen molar-refractivity contribution in [2.75, 3.05) is 5.32 Å². The van der Waals surface area contributed by atoms with Gasteiger partial charge in [0.2, 0.25) is 5.95 Å². The first-order valence-corrected chi connectivity index (χ1v) is 8.81. The first-order valence-electron chi connectivity index (χ1n) is 8.81. The molecule has 1 N–H and O–H groups in total. The van der Waals surface area contributed by atoms with E-state index in [-0.39, 0.29) is 2.85 Å². The smallest absolute Gasteiger partial charge is 0.223 e.